The zero-order valence-electron chi connectivity index (χ0n) is 15.2. The summed E-state index contributed by atoms with van der Waals surface area (Å²) in [6.45, 7) is 1.76. The molecule has 2 aromatic carbocycles. The average Bonchev–Trinajstić information content (AvgIpc) is 2.92. The lowest BCUT2D eigenvalue weighted by Crippen LogP contribution is -2.13. The summed E-state index contributed by atoms with van der Waals surface area (Å²) in [5.41, 5.74) is 4.35. The fraction of sp³-hybridized carbons (Fsp3) is 0.150. The van der Waals surface area contributed by atoms with Gasteiger partial charge in [-0.25, -0.2) is 0 Å². The molecule has 3 rings (SSSR count). The number of hydrogen-bond donors (Lipinski definition) is 1. The van der Waals surface area contributed by atoms with Crippen molar-refractivity contribution in [1.29, 1.82) is 0 Å². The van der Waals surface area contributed by atoms with Crippen molar-refractivity contribution < 1.29 is 9.63 Å². The van der Waals surface area contributed by atoms with Gasteiger partial charge in [0.25, 0.3) is 5.91 Å². The molecule has 0 radical (unpaired) electrons. The number of nitrogens with one attached hydrogen (secondary N) is 1. The summed E-state index contributed by atoms with van der Waals surface area (Å²) < 4.78 is 1.48. The lowest BCUT2D eigenvalue weighted by atomic mass is 10.0. The lowest BCUT2D eigenvalue weighted by Gasteiger charge is -2.12. The number of benzene rings is 2. The molecular formula is C20H19ClN4O2. The molecule has 3 aromatic rings. The number of aryl methyl sites for hydroxylation is 2. The predicted molar refractivity (Wildman–Crippen MR) is 107 cm³/mol. The van der Waals surface area contributed by atoms with Crippen LogP contribution in [-0.4, -0.2) is 29.0 Å². The number of anilines is 1. The van der Waals surface area contributed by atoms with Gasteiger partial charge in [0, 0.05) is 18.3 Å². The maximum atomic E-state index is 12.8. The molecule has 0 aliphatic heterocycles. The Morgan fingerprint density at radius 3 is 2.74 bits per heavy atom. The Hall–Kier alpha value is -3.12. The molecule has 7 heteroatoms. The molecule has 0 spiro atoms. The van der Waals surface area contributed by atoms with Gasteiger partial charge in [-0.15, -0.1) is 0 Å². The summed E-state index contributed by atoms with van der Waals surface area (Å²) in [4.78, 5) is 17.5. The Balaban J connectivity index is 1.95. The van der Waals surface area contributed by atoms with E-state index in [4.69, 9.17) is 16.4 Å². The van der Waals surface area contributed by atoms with Crippen LogP contribution in [0.4, 0.5) is 5.69 Å². The predicted octanol–water partition coefficient (Wildman–Crippen LogP) is 4.28. The number of halogens is 1. The monoisotopic (exact) mass is 382 g/mol. The third kappa shape index (κ3) is 4.01. The largest absolute Gasteiger partial charge is 0.399 e. The van der Waals surface area contributed by atoms with Gasteiger partial charge in [0.1, 0.15) is 12.3 Å². The molecule has 0 aliphatic rings. The molecule has 0 fully saturated rings. The van der Waals surface area contributed by atoms with Gasteiger partial charge < -0.3 is 10.2 Å². The highest BCUT2D eigenvalue weighted by molar-refractivity contribution is 6.33. The Morgan fingerprint density at radius 2 is 2.04 bits per heavy atom. The van der Waals surface area contributed by atoms with Crippen LogP contribution in [0.1, 0.15) is 21.6 Å². The van der Waals surface area contributed by atoms with Crippen molar-refractivity contribution in [3.63, 3.8) is 0 Å². The second-order valence-corrected chi connectivity index (χ2v) is 6.28. The molecule has 1 N–H and O–H groups in total. The van der Waals surface area contributed by atoms with Crippen LogP contribution in [0, 0.1) is 6.92 Å². The highest BCUT2D eigenvalue weighted by atomic mass is 35.5. The second-order valence-electron chi connectivity index (χ2n) is 5.92. The number of oxime groups is 1. The van der Waals surface area contributed by atoms with Crippen LogP contribution < -0.4 is 5.32 Å². The smallest absolute Gasteiger partial charge is 0.260 e. The Morgan fingerprint density at radius 1 is 1.26 bits per heavy atom. The second kappa shape index (κ2) is 8.05. The summed E-state index contributed by atoms with van der Waals surface area (Å²) in [7, 11) is 3.20. The third-order valence-electron chi connectivity index (χ3n) is 4.06. The molecule has 0 saturated carbocycles. The van der Waals surface area contributed by atoms with E-state index in [1.54, 1.807) is 20.2 Å². The zero-order valence-corrected chi connectivity index (χ0v) is 16.0. The standard InChI is InChI=1S/C20H19ClN4O2/c1-13-18(19(21)25(2)24-13)20(26)23-17-10-5-4-9-16(17)15-8-6-7-14(11-15)12-22-27-3/h4-12H,1-3H3,(H,23,26). The Bertz CT molecular complexity index is 1010. The maximum Gasteiger partial charge on any atom is 0.260 e. The van der Waals surface area contributed by atoms with Gasteiger partial charge >= 0.3 is 0 Å². The van der Waals surface area contributed by atoms with E-state index < -0.39 is 0 Å². The number of nitrogens with zero attached hydrogens (tertiary/aromatic N) is 3. The molecule has 0 bridgehead atoms. The van der Waals surface area contributed by atoms with E-state index >= 15 is 0 Å². The van der Waals surface area contributed by atoms with E-state index in [2.05, 4.69) is 15.6 Å². The molecule has 1 amide bonds. The molecule has 1 heterocycles. The molecule has 0 aliphatic carbocycles. The molecule has 0 unspecified atom stereocenters. The van der Waals surface area contributed by atoms with Crippen LogP contribution in [0.3, 0.4) is 0 Å². The normalized spacial score (nSPS) is 11.0. The minimum atomic E-state index is -0.296. The summed E-state index contributed by atoms with van der Waals surface area (Å²) in [5.74, 6) is -0.296. The van der Waals surface area contributed by atoms with Crippen molar-refractivity contribution in [2.24, 2.45) is 12.2 Å². The molecule has 138 valence electrons. The molecular weight excluding hydrogens is 364 g/mol. The first kappa shape index (κ1) is 18.7. The van der Waals surface area contributed by atoms with Crippen LogP contribution in [0.15, 0.2) is 53.7 Å². The van der Waals surface area contributed by atoms with Crippen molar-refractivity contribution in [2.45, 2.75) is 6.92 Å². The van der Waals surface area contributed by atoms with Crippen LogP contribution in [0.2, 0.25) is 5.15 Å². The number of hydrogen-bond acceptors (Lipinski definition) is 4. The number of amides is 1. The van der Waals surface area contributed by atoms with Crippen molar-refractivity contribution >= 4 is 29.4 Å². The third-order valence-corrected chi connectivity index (χ3v) is 4.49. The molecule has 0 atom stereocenters. The number of carbonyl (C=O) groups excluding carboxylic acids is 1. The first-order valence-corrected chi connectivity index (χ1v) is 8.65. The van der Waals surface area contributed by atoms with E-state index in [1.165, 1.54) is 11.8 Å². The van der Waals surface area contributed by atoms with Gasteiger partial charge in [-0.1, -0.05) is 53.2 Å². The topological polar surface area (TPSA) is 68.5 Å². The van der Waals surface area contributed by atoms with Gasteiger partial charge in [-0.3, -0.25) is 9.48 Å². The lowest BCUT2D eigenvalue weighted by molar-refractivity contribution is 0.102. The van der Waals surface area contributed by atoms with E-state index in [0.29, 0.717) is 22.1 Å². The van der Waals surface area contributed by atoms with Gasteiger partial charge in [0.15, 0.2) is 0 Å². The van der Waals surface area contributed by atoms with E-state index in [-0.39, 0.29) is 5.91 Å². The fourth-order valence-electron chi connectivity index (χ4n) is 2.82. The molecule has 0 saturated heterocycles. The average molecular weight is 383 g/mol. The zero-order chi connectivity index (χ0) is 19.4. The molecule has 6 nitrogen and oxygen atoms in total. The molecule has 27 heavy (non-hydrogen) atoms. The highest BCUT2D eigenvalue weighted by Crippen LogP contribution is 2.29. The summed E-state index contributed by atoms with van der Waals surface area (Å²) in [5, 5.41) is 11.2. The first-order chi connectivity index (χ1) is 13.0. The van der Waals surface area contributed by atoms with Crippen LogP contribution in [0.5, 0.6) is 0 Å². The van der Waals surface area contributed by atoms with Crippen molar-refractivity contribution in [3.8, 4) is 11.1 Å². The SMILES string of the molecule is CON=Cc1cccc(-c2ccccc2NC(=O)c2c(C)nn(C)c2Cl)c1. The van der Waals surface area contributed by atoms with Gasteiger partial charge in [0.2, 0.25) is 0 Å². The van der Waals surface area contributed by atoms with Crippen molar-refractivity contribution in [1.82, 2.24) is 9.78 Å². The number of rotatable bonds is 5. The highest BCUT2D eigenvalue weighted by Gasteiger charge is 2.20. The van der Waals surface area contributed by atoms with E-state index in [9.17, 15) is 4.79 Å². The number of aromatic nitrogens is 2. The van der Waals surface area contributed by atoms with Gasteiger partial charge in [-0.2, -0.15) is 5.10 Å². The minimum absolute atomic E-state index is 0.296. The van der Waals surface area contributed by atoms with Gasteiger partial charge in [-0.05, 0) is 30.2 Å². The van der Waals surface area contributed by atoms with E-state index in [0.717, 1.165) is 16.7 Å². The van der Waals surface area contributed by atoms with Crippen LogP contribution in [-0.2, 0) is 11.9 Å². The summed E-state index contributed by atoms with van der Waals surface area (Å²) >= 11 is 6.21. The number of carbonyl (C=O) groups is 1. The number of para-hydroxylation sites is 1. The Labute approximate surface area is 162 Å². The minimum Gasteiger partial charge on any atom is -0.399 e. The summed E-state index contributed by atoms with van der Waals surface area (Å²) in [6.07, 6.45) is 1.63. The fourth-order valence-corrected chi connectivity index (χ4v) is 3.08. The van der Waals surface area contributed by atoms with E-state index in [1.807, 2.05) is 48.5 Å². The molecule has 1 aromatic heterocycles. The van der Waals surface area contributed by atoms with Crippen LogP contribution in [0.25, 0.3) is 11.1 Å². The van der Waals surface area contributed by atoms with Crippen molar-refractivity contribution in [3.05, 3.63) is 70.5 Å². The summed E-state index contributed by atoms with van der Waals surface area (Å²) in [6, 6.07) is 15.4. The Kier molecular flexibility index (Phi) is 5.57. The van der Waals surface area contributed by atoms with Gasteiger partial charge in [0.05, 0.1) is 17.5 Å². The maximum absolute atomic E-state index is 12.8. The van der Waals surface area contributed by atoms with Crippen LogP contribution >= 0.6 is 11.6 Å². The van der Waals surface area contributed by atoms with Crippen molar-refractivity contribution in [2.75, 3.05) is 12.4 Å². The first-order valence-electron chi connectivity index (χ1n) is 8.27. The quantitative estimate of drug-likeness (QED) is 0.529.